The second-order valence-electron chi connectivity index (χ2n) is 7.52. The number of hydrogen-bond acceptors (Lipinski definition) is 7. The van der Waals surface area contributed by atoms with Crippen LogP contribution in [0, 0.1) is 5.92 Å². The van der Waals surface area contributed by atoms with Crippen molar-refractivity contribution in [2.24, 2.45) is 5.92 Å². The Labute approximate surface area is 178 Å². The van der Waals surface area contributed by atoms with Gasteiger partial charge in [-0.15, -0.1) is 0 Å². The van der Waals surface area contributed by atoms with Gasteiger partial charge in [-0.3, -0.25) is 25.2 Å². The summed E-state index contributed by atoms with van der Waals surface area (Å²) in [6, 6.07) is 9.52. The maximum Gasteiger partial charge on any atom is 0.269 e. The van der Waals surface area contributed by atoms with E-state index >= 15 is 0 Å². The predicted octanol–water partition coefficient (Wildman–Crippen LogP) is 0.650. The van der Waals surface area contributed by atoms with E-state index in [1.54, 1.807) is 6.07 Å². The van der Waals surface area contributed by atoms with Crippen molar-refractivity contribution in [1.82, 2.24) is 10.9 Å². The van der Waals surface area contributed by atoms with Crippen LogP contribution in [-0.4, -0.2) is 45.9 Å². The monoisotopic (exact) mass is 462 g/mol. The largest absolute Gasteiger partial charge is 0.289 e. The zero-order valence-corrected chi connectivity index (χ0v) is 17.8. The number of carbonyl (C=O) groups excluding carboxylic acids is 3. The zero-order chi connectivity index (χ0) is 22.4. The molecule has 11 heteroatoms. The van der Waals surface area contributed by atoms with Crippen LogP contribution in [0.2, 0.25) is 0 Å². The van der Waals surface area contributed by atoms with Gasteiger partial charge in [0.2, 0.25) is 15.7 Å². The Balaban J connectivity index is 1.49. The minimum absolute atomic E-state index is 0.0262. The Morgan fingerprint density at radius 1 is 0.935 bits per heavy atom. The van der Waals surface area contributed by atoms with Crippen molar-refractivity contribution >= 4 is 37.3 Å². The summed E-state index contributed by atoms with van der Waals surface area (Å²) in [4.78, 5) is 36.7. The molecule has 2 N–H and O–H groups in total. The lowest BCUT2D eigenvalue weighted by molar-refractivity contribution is -0.122. The van der Waals surface area contributed by atoms with Crippen LogP contribution in [0.1, 0.15) is 39.1 Å². The second kappa shape index (κ2) is 7.57. The van der Waals surface area contributed by atoms with E-state index in [2.05, 4.69) is 10.9 Å². The molecule has 1 fully saturated rings. The van der Waals surface area contributed by atoms with E-state index in [9.17, 15) is 31.2 Å². The molecule has 4 rings (SSSR count). The van der Waals surface area contributed by atoms with E-state index in [0.29, 0.717) is 6.42 Å². The fourth-order valence-electron chi connectivity index (χ4n) is 3.77. The molecule has 1 atom stereocenters. The van der Waals surface area contributed by atoms with Crippen LogP contribution >= 0.6 is 0 Å². The molecule has 0 aromatic heterocycles. The van der Waals surface area contributed by atoms with Gasteiger partial charge in [-0.25, -0.2) is 16.8 Å². The highest BCUT2D eigenvalue weighted by Crippen LogP contribution is 2.34. The number of hydrazine groups is 1. The van der Waals surface area contributed by atoms with Crippen LogP contribution < -0.4 is 10.9 Å². The Hall–Kier alpha value is -3.05. The molecule has 2 aliphatic heterocycles. The molecule has 2 aliphatic rings. The van der Waals surface area contributed by atoms with E-state index in [0.717, 1.165) is 6.07 Å². The van der Waals surface area contributed by atoms with Crippen molar-refractivity contribution in [2.75, 3.05) is 11.5 Å². The first-order valence-electron chi connectivity index (χ1n) is 9.41. The zero-order valence-electron chi connectivity index (χ0n) is 16.1. The van der Waals surface area contributed by atoms with E-state index in [1.807, 2.05) is 0 Å². The minimum atomic E-state index is -3.99. The quantitative estimate of drug-likeness (QED) is 0.544. The van der Waals surface area contributed by atoms with Crippen molar-refractivity contribution in [1.29, 1.82) is 0 Å². The summed E-state index contributed by atoms with van der Waals surface area (Å²) < 4.78 is 48.8. The Morgan fingerprint density at radius 2 is 1.65 bits per heavy atom. The van der Waals surface area contributed by atoms with Gasteiger partial charge in [0.1, 0.15) is 0 Å². The lowest BCUT2D eigenvalue weighted by Gasteiger charge is -2.19. The fraction of sp³-hybridized carbons (Fsp3) is 0.250. The minimum Gasteiger partial charge on any atom is -0.289 e. The summed E-state index contributed by atoms with van der Waals surface area (Å²) in [6.45, 7) is 0. The third-order valence-corrected chi connectivity index (χ3v) is 9.00. The van der Waals surface area contributed by atoms with Crippen molar-refractivity contribution in [2.45, 2.75) is 22.6 Å². The highest BCUT2D eigenvalue weighted by Gasteiger charge is 2.35. The number of hydrogen-bond donors (Lipinski definition) is 2. The lowest BCUT2D eigenvalue weighted by Crippen LogP contribution is -2.42. The lowest BCUT2D eigenvalue weighted by atomic mass is 10.0. The number of sulfone groups is 2. The molecule has 31 heavy (non-hydrogen) atoms. The molecule has 0 bridgehead atoms. The van der Waals surface area contributed by atoms with E-state index < -0.39 is 37.3 Å². The first-order valence-corrected chi connectivity index (χ1v) is 12.7. The third kappa shape index (κ3) is 3.98. The first-order chi connectivity index (χ1) is 14.6. The van der Waals surface area contributed by atoms with Gasteiger partial charge in [0.15, 0.2) is 15.6 Å². The first kappa shape index (κ1) is 21.2. The van der Waals surface area contributed by atoms with Gasteiger partial charge in [-0.2, -0.15) is 0 Å². The summed E-state index contributed by atoms with van der Waals surface area (Å²) in [7, 11) is -7.11. The van der Waals surface area contributed by atoms with Gasteiger partial charge in [0.05, 0.1) is 21.3 Å². The van der Waals surface area contributed by atoms with Crippen LogP contribution in [0.25, 0.3) is 0 Å². The molecule has 2 aromatic rings. The number of ketones is 1. The van der Waals surface area contributed by atoms with Gasteiger partial charge >= 0.3 is 0 Å². The Morgan fingerprint density at radius 3 is 2.35 bits per heavy atom. The molecule has 2 amide bonds. The molecular weight excluding hydrogens is 444 g/mol. The summed E-state index contributed by atoms with van der Waals surface area (Å²) in [5.41, 5.74) is 4.39. The number of benzene rings is 2. The average molecular weight is 463 g/mol. The van der Waals surface area contributed by atoms with Gasteiger partial charge in [0, 0.05) is 23.1 Å². The molecule has 0 spiro atoms. The van der Waals surface area contributed by atoms with E-state index in [-0.39, 0.29) is 50.3 Å². The molecule has 1 unspecified atom stereocenters. The van der Waals surface area contributed by atoms with Crippen molar-refractivity contribution < 1.29 is 31.2 Å². The number of nitrogens with one attached hydrogen (secondary N) is 2. The van der Waals surface area contributed by atoms with Gasteiger partial charge in [-0.1, -0.05) is 12.1 Å². The standard InChI is InChI=1S/C20H18N2O7S2/c23-18(9-12-7-8-30(26,27)11-12)21-22-20(25)13-5-6-15-17(10-13)31(28,29)16-4-2-1-3-14(16)19(15)24/h1-6,10,12H,7-9,11H2,(H,21,23)(H,22,25). The van der Waals surface area contributed by atoms with Crippen molar-refractivity contribution in [3.63, 3.8) is 0 Å². The topological polar surface area (TPSA) is 144 Å². The molecule has 1 saturated heterocycles. The second-order valence-corrected chi connectivity index (χ2v) is 11.6. The van der Waals surface area contributed by atoms with Crippen LogP contribution in [0.4, 0.5) is 0 Å². The maximum atomic E-state index is 12.9. The predicted molar refractivity (Wildman–Crippen MR) is 109 cm³/mol. The Kier molecular flexibility index (Phi) is 5.18. The van der Waals surface area contributed by atoms with Crippen molar-refractivity contribution in [3.8, 4) is 0 Å². The number of rotatable bonds is 3. The van der Waals surface area contributed by atoms with Gasteiger partial charge < -0.3 is 0 Å². The van der Waals surface area contributed by atoms with Gasteiger partial charge in [-0.05, 0) is 42.7 Å². The molecule has 0 radical (unpaired) electrons. The fourth-order valence-corrected chi connectivity index (χ4v) is 7.31. The van der Waals surface area contributed by atoms with Gasteiger partial charge in [0.25, 0.3) is 5.91 Å². The molecule has 0 saturated carbocycles. The third-order valence-electron chi connectivity index (χ3n) is 5.32. The summed E-state index contributed by atoms with van der Waals surface area (Å²) in [5.74, 6) is -2.09. The molecule has 2 aromatic carbocycles. The van der Waals surface area contributed by atoms with E-state index in [1.165, 1.54) is 30.3 Å². The van der Waals surface area contributed by atoms with Crippen LogP contribution in [0.5, 0.6) is 0 Å². The van der Waals surface area contributed by atoms with Crippen LogP contribution in [0.15, 0.2) is 52.3 Å². The normalized spacial score (nSPS) is 20.4. The Bertz CT molecular complexity index is 1330. The van der Waals surface area contributed by atoms with Crippen LogP contribution in [-0.2, 0) is 24.5 Å². The average Bonchev–Trinajstić information content (AvgIpc) is 3.08. The highest BCUT2D eigenvalue weighted by atomic mass is 32.2. The SMILES string of the molecule is O=C(CC1CCS(=O)(=O)C1)NNC(=O)c1ccc2c(c1)S(=O)(=O)c1ccccc1C2=O. The highest BCUT2D eigenvalue weighted by molar-refractivity contribution is 7.92. The molecule has 9 nitrogen and oxygen atoms in total. The number of amides is 2. The van der Waals surface area contributed by atoms with Crippen molar-refractivity contribution in [3.05, 3.63) is 59.2 Å². The molecule has 2 heterocycles. The number of carbonyl (C=O) groups is 3. The summed E-state index contributed by atoms with van der Waals surface area (Å²) in [5, 5.41) is 0. The molecule has 0 aliphatic carbocycles. The van der Waals surface area contributed by atoms with Crippen LogP contribution in [0.3, 0.4) is 0 Å². The number of fused-ring (bicyclic) bond motifs is 2. The molecular formula is C20H18N2O7S2. The summed E-state index contributed by atoms with van der Waals surface area (Å²) in [6.07, 6.45) is 0.339. The smallest absolute Gasteiger partial charge is 0.269 e. The summed E-state index contributed by atoms with van der Waals surface area (Å²) >= 11 is 0. The maximum absolute atomic E-state index is 12.9. The van der Waals surface area contributed by atoms with E-state index in [4.69, 9.17) is 0 Å². The molecule has 162 valence electrons.